The van der Waals surface area contributed by atoms with Crippen molar-refractivity contribution in [2.75, 3.05) is 26.2 Å². The summed E-state index contributed by atoms with van der Waals surface area (Å²) in [6, 6.07) is 10.0. The van der Waals surface area contributed by atoms with Gasteiger partial charge in [0.25, 0.3) is 0 Å². The van der Waals surface area contributed by atoms with Crippen LogP contribution in [0.1, 0.15) is 11.4 Å². The molecule has 0 bridgehead atoms. The number of rotatable bonds is 4. The fourth-order valence-electron chi connectivity index (χ4n) is 3.34. The lowest BCUT2D eigenvalue weighted by Gasteiger charge is -2.20. The minimum Gasteiger partial charge on any atom is -0.472 e. The van der Waals surface area contributed by atoms with E-state index >= 15 is 0 Å². The first-order chi connectivity index (χ1) is 11.8. The van der Waals surface area contributed by atoms with Gasteiger partial charge in [-0.1, -0.05) is 12.1 Å². The summed E-state index contributed by atoms with van der Waals surface area (Å²) in [6.07, 6.45) is 3.10. The highest BCUT2D eigenvalue weighted by Crippen LogP contribution is 2.14. The molecule has 3 aromatic rings. The predicted octanol–water partition coefficient (Wildman–Crippen LogP) is 1.83. The van der Waals surface area contributed by atoms with E-state index in [1.165, 1.54) is 0 Å². The third kappa shape index (κ3) is 3.51. The van der Waals surface area contributed by atoms with Crippen LogP contribution in [0.2, 0.25) is 0 Å². The van der Waals surface area contributed by atoms with E-state index in [9.17, 15) is 5.11 Å². The third-order valence-electron chi connectivity index (χ3n) is 4.47. The zero-order valence-electron chi connectivity index (χ0n) is 13.6. The zero-order valence-corrected chi connectivity index (χ0v) is 13.6. The van der Waals surface area contributed by atoms with Crippen molar-refractivity contribution in [1.82, 2.24) is 19.8 Å². The van der Waals surface area contributed by atoms with Crippen LogP contribution in [0, 0.1) is 0 Å². The minimum atomic E-state index is -0.358. The molecule has 6 nitrogen and oxygen atoms in total. The van der Waals surface area contributed by atoms with Crippen LogP contribution in [-0.4, -0.2) is 57.2 Å². The number of β-amino-alcohol motifs (C(OH)–C–C–N with tert-alkyl or cyclic N) is 1. The number of aliphatic hydroxyl groups excluding tert-OH is 1. The predicted molar refractivity (Wildman–Crippen MR) is 91.4 cm³/mol. The van der Waals surface area contributed by atoms with Gasteiger partial charge in [0.05, 0.1) is 36.2 Å². The molecule has 4 rings (SSSR count). The maximum atomic E-state index is 10.3. The Kier molecular flexibility index (Phi) is 4.34. The van der Waals surface area contributed by atoms with Crippen LogP contribution in [0.15, 0.2) is 47.3 Å². The molecule has 1 atom stereocenters. The zero-order chi connectivity index (χ0) is 16.4. The SMILES string of the molecule is O[C@H]1CN(Cc2ccoc2)CCN(Cc2nc3ccccc3[nH]2)C1. The standard InChI is InChI=1S/C18H22N4O2/c23-15-10-21(9-14-5-8-24-13-14)6-7-22(11-15)12-18-19-16-3-1-2-4-17(16)20-18/h1-5,8,13,15,23H,6-7,9-12H2,(H,19,20)/t15-/m0/s1. The molecule has 1 fully saturated rings. The number of hydrogen-bond donors (Lipinski definition) is 2. The first kappa shape index (κ1) is 15.4. The second kappa shape index (κ2) is 6.76. The van der Waals surface area contributed by atoms with E-state index in [1.54, 1.807) is 12.5 Å². The molecule has 3 heterocycles. The Bertz CT molecular complexity index is 750. The van der Waals surface area contributed by atoms with Crippen molar-refractivity contribution in [3.8, 4) is 0 Å². The number of imidazole rings is 1. The molecule has 2 N–H and O–H groups in total. The number of aliphatic hydroxyl groups is 1. The van der Waals surface area contributed by atoms with Crippen LogP contribution < -0.4 is 0 Å². The highest BCUT2D eigenvalue weighted by Gasteiger charge is 2.22. The Morgan fingerprint density at radius 3 is 2.67 bits per heavy atom. The fourth-order valence-corrected chi connectivity index (χ4v) is 3.34. The van der Waals surface area contributed by atoms with Crippen molar-refractivity contribution in [2.45, 2.75) is 19.2 Å². The van der Waals surface area contributed by atoms with Gasteiger partial charge in [-0.15, -0.1) is 0 Å². The lowest BCUT2D eigenvalue weighted by atomic mass is 10.3. The van der Waals surface area contributed by atoms with Gasteiger partial charge >= 0.3 is 0 Å². The number of hydrogen-bond acceptors (Lipinski definition) is 5. The number of nitrogens with zero attached hydrogens (tertiary/aromatic N) is 3. The number of furan rings is 1. The average molecular weight is 326 g/mol. The van der Waals surface area contributed by atoms with E-state index in [0.29, 0.717) is 13.1 Å². The van der Waals surface area contributed by atoms with Crippen molar-refractivity contribution in [2.24, 2.45) is 0 Å². The molecule has 1 aliphatic rings. The maximum absolute atomic E-state index is 10.3. The van der Waals surface area contributed by atoms with E-state index < -0.39 is 0 Å². The number of benzene rings is 1. The number of aromatic amines is 1. The van der Waals surface area contributed by atoms with Gasteiger partial charge in [0.15, 0.2) is 0 Å². The first-order valence-corrected chi connectivity index (χ1v) is 8.34. The van der Waals surface area contributed by atoms with Crippen molar-refractivity contribution in [3.05, 3.63) is 54.2 Å². The molecule has 0 radical (unpaired) electrons. The van der Waals surface area contributed by atoms with E-state index in [1.807, 2.05) is 30.3 Å². The highest BCUT2D eigenvalue weighted by atomic mass is 16.3. The number of aromatic nitrogens is 2. The summed E-state index contributed by atoms with van der Waals surface area (Å²) in [5.41, 5.74) is 3.20. The Balaban J connectivity index is 1.41. The summed E-state index contributed by atoms with van der Waals surface area (Å²) >= 11 is 0. The minimum absolute atomic E-state index is 0.358. The monoisotopic (exact) mass is 326 g/mol. The molecule has 0 saturated carbocycles. The van der Waals surface area contributed by atoms with Crippen LogP contribution in [0.3, 0.4) is 0 Å². The second-order valence-corrected chi connectivity index (χ2v) is 6.46. The Hall–Kier alpha value is -2.15. The Morgan fingerprint density at radius 1 is 1.12 bits per heavy atom. The number of para-hydroxylation sites is 2. The average Bonchev–Trinajstić information content (AvgIpc) is 3.17. The van der Waals surface area contributed by atoms with Crippen LogP contribution in [0.25, 0.3) is 11.0 Å². The molecule has 0 unspecified atom stereocenters. The van der Waals surface area contributed by atoms with Crippen LogP contribution in [0.5, 0.6) is 0 Å². The third-order valence-corrected chi connectivity index (χ3v) is 4.47. The normalized spacial score (nSPS) is 20.5. The molecule has 1 saturated heterocycles. The summed E-state index contributed by atoms with van der Waals surface area (Å²) in [5, 5.41) is 10.3. The smallest absolute Gasteiger partial charge is 0.121 e. The molecule has 1 aliphatic heterocycles. The Morgan fingerprint density at radius 2 is 1.92 bits per heavy atom. The van der Waals surface area contributed by atoms with Gasteiger partial charge in [-0.3, -0.25) is 9.80 Å². The van der Waals surface area contributed by atoms with Gasteiger partial charge in [0.2, 0.25) is 0 Å². The highest BCUT2D eigenvalue weighted by molar-refractivity contribution is 5.74. The number of fused-ring (bicyclic) bond motifs is 1. The van der Waals surface area contributed by atoms with Crippen molar-refractivity contribution in [3.63, 3.8) is 0 Å². The summed E-state index contributed by atoms with van der Waals surface area (Å²) in [6.45, 7) is 4.71. The van der Waals surface area contributed by atoms with E-state index in [4.69, 9.17) is 4.42 Å². The van der Waals surface area contributed by atoms with Crippen molar-refractivity contribution >= 4 is 11.0 Å². The van der Waals surface area contributed by atoms with E-state index in [-0.39, 0.29) is 6.10 Å². The largest absolute Gasteiger partial charge is 0.472 e. The van der Waals surface area contributed by atoms with Crippen LogP contribution in [-0.2, 0) is 13.1 Å². The van der Waals surface area contributed by atoms with E-state index in [2.05, 4.69) is 19.8 Å². The number of H-pyrrole nitrogens is 1. The summed E-state index contributed by atoms with van der Waals surface area (Å²) in [4.78, 5) is 12.5. The number of nitrogens with one attached hydrogen (secondary N) is 1. The molecule has 24 heavy (non-hydrogen) atoms. The van der Waals surface area contributed by atoms with Gasteiger partial charge in [-0.2, -0.15) is 0 Å². The quantitative estimate of drug-likeness (QED) is 0.766. The lowest BCUT2D eigenvalue weighted by molar-refractivity contribution is 0.105. The molecule has 6 heteroatoms. The second-order valence-electron chi connectivity index (χ2n) is 6.46. The molecule has 2 aromatic heterocycles. The van der Waals surface area contributed by atoms with Crippen LogP contribution in [0.4, 0.5) is 0 Å². The molecule has 126 valence electrons. The van der Waals surface area contributed by atoms with Crippen LogP contribution >= 0.6 is 0 Å². The summed E-state index contributed by atoms with van der Waals surface area (Å²) in [7, 11) is 0. The fraction of sp³-hybridized carbons (Fsp3) is 0.389. The van der Waals surface area contributed by atoms with E-state index in [0.717, 1.165) is 48.6 Å². The molecule has 0 spiro atoms. The Labute approximate surface area is 140 Å². The summed E-state index contributed by atoms with van der Waals surface area (Å²) in [5.74, 6) is 0.951. The van der Waals surface area contributed by atoms with Gasteiger partial charge < -0.3 is 14.5 Å². The molecule has 1 aromatic carbocycles. The van der Waals surface area contributed by atoms with Gasteiger partial charge in [-0.25, -0.2) is 4.98 Å². The summed E-state index contributed by atoms with van der Waals surface area (Å²) < 4.78 is 5.13. The van der Waals surface area contributed by atoms with Gasteiger partial charge in [-0.05, 0) is 18.2 Å². The molecule has 0 amide bonds. The van der Waals surface area contributed by atoms with Crippen molar-refractivity contribution in [1.29, 1.82) is 0 Å². The molecular formula is C18H22N4O2. The van der Waals surface area contributed by atoms with Crippen molar-refractivity contribution < 1.29 is 9.52 Å². The molecule has 0 aliphatic carbocycles. The van der Waals surface area contributed by atoms with Gasteiger partial charge in [0.1, 0.15) is 5.82 Å². The first-order valence-electron chi connectivity index (χ1n) is 8.34. The van der Waals surface area contributed by atoms with Gasteiger partial charge in [0, 0.05) is 38.3 Å². The lowest BCUT2D eigenvalue weighted by Crippen LogP contribution is -2.33. The topological polar surface area (TPSA) is 68.5 Å². The maximum Gasteiger partial charge on any atom is 0.121 e. The molecular weight excluding hydrogens is 304 g/mol.